The summed E-state index contributed by atoms with van der Waals surface area (Å²) in [5.74, 6) is 1.58. The van der Waals surface area contributed by atoms with Crippen molar-refractivity contribution in [1.29, 1.82) is 0 Å². The second-order valence-electron chi connectivity index (χ2n) is 5.15. The molecule has 1 nitrogen and oxygen atoms in total. The van der Waals surface area contributed by atoms with Crippen LogP contribution in [0.15, 0.2) is 29.6 Å². The molecule has 3 rings (SSSR count). The molecular weight excluding hydrogens is 226 g/mol. The highest BCUT2D eigenvalue weighted by Gasteiger charge is 2.26. The van der Waals surface area contributed by atoms with E-state index in [2.05, 4.69) is 29.6 Å². The number of hydrogen-bond acceptors (Lipinski definition) is 2. The van der Waals surface area contributed by atoms with Gasteiger partial charge in [0.1, 0.15) is 0 Å². The molecular formula is C15H19NS. The highest BCUT2D eigenvalue weighted by molar-refractivity contribution is 7.17. The Morgan fingerprint density at radius 1 is 1.18 bits per heavy atom. The van der Waals surface area contributed by atoms with Gasteiger partial charge in [0.15, 0.2) is 0 Å². The van der Waals surface area contributed by atoms with Crippen molar-refractivity contribution in [2.24, 2.45) is 17.6 Å². The Kier molecular flexibility index (Phi) is 3.17. The summed E-state index contributed by atoms with van der Waals surface area (Å²) in [5, 5.41) is 3.80. The molecule has 17 heavy (non-hydrogen) atoms. The van der Waals surface area contributed by atoms with Gasteiger partial charge in [-0.3, -0.25) is 0 Å². The van der Waals surface area contributed by atoms with E-state index in [1.165, 1.54) is 41.3 Å². The zero-order valence-corrected chi connectivity index (χ0v) is 10.9. The fraction of sp³-hybridized carbons (Fsp3) is 0.467. The standard InChI is InChI=1S/C15H19NS/c16-9-12-5-3-4-11(12)8-13-10-17-15-7-2-1-6-14(13)15/h1-2,6-7,10-12H,3-5,8-9,16H2. The molecule has 0 saturated heterocycles. The maximum absolute atomic E-state index is 5.87. The molecule has 1 aliphatic carbocycles. The van der Waals surface area contributed by atoms with Crippen LogP contribution in [-0.4, -0.2) is 6.54 Å². The third-order valence-corrected chi connectivity index (χ3v) is 5.17. The van der Waals surface area contributed by atoms with Gasteiger partial charge >= 0.3 is 0 Å². The largest absolute Gasteiger partial charge is 0.330 e. The van der Waals surface area contributed by atoms with E-state index in [4.69, 9.17) is 5.73 Å². The lowest BCUT2D eigenvalue weighted by atomic mass is 9.89. The summed E-state index contributed by atoms with van der Waals surface area (Å²) in [7, 11) is 0. The molecule has 1 fully saturated rings. The maximum Gasteiger partial charge on any atom is 0.0345 e. The molecule has 2 atom stereocenters. The Morgan fingerprint density at radius 3 is 2.88 bits per heavy atom. The fourth-order valence-corrected chi connectivity index (χ4v) is 4.14. The minimum absolute atomic E-state index is 0.758. The monoisotopic (exact) mass is 245 g/mol. The van der Waals surface area contributed by atoms with E-state index in [1.807, 2.05) is 11.3 Å². The van der Waals surface area contributed by atoms with Crippen molar-refractivity contribution in [3.05, 3.63) is 35.2 Å². The smallest absolute Gasteiger partial charge is 0.0345 e. The molecule has 0 spiro atoms. The highest BCUT2D eigenvalue weighted by Crippen LogP contribution is 2.36. The van der Waals surface area contributed by atoms with Gasteiger partial charge in [-0.25, -0.2) is 0 Å². The summed E-state index contributed by atoms with van der Waals surface area (Å²) in [5.41, 5.74) is 7.41. The van der Waals surface area contributed by atoms with Crippen molar-refractivity contribution in [2.75, 3.05) is 6.54 Å². The number of nitrogens with two attached hydrogens (primary N) is 1. The predicted octanol–water partition coefficient (Wildman–Crippen LogP) is 3.82. The van der Waals surface area contributed by atoms with E-state index >= 15 is 0 Å². The first kappa shape index (κ1) is 11.2. The Hall–Kier alpha value is -0.860. The van der Waals surface area contributed by atoms with Crippen LogP contribution in [0.25, 0.3) is 10.1 Å². The maximum atomic E-state index is 5.87. The SMILES string of the molecule is NCC1CCCC1Cc1csc2ccccc12. The lowest BCUT2D eigenvalue weighted by molar-refractivity contribution is 0.395. The Morgan fingerprint density at radius 2 is 2.00 bits per heavy atom. The second kappa shape index (κ2) is 4.79. The molecule has 1 saturated carbocycles. The minimum atomic E-state index is 0.758. The van der Waals surface area contributed by atoms with Gasteiger partial charge in [0.05, 0.1) is 0 Å². The summed E-state index contributed by atoms with van der Waals surface area (Å²) in [6, 6.07) is 8.75. The normalized spacial score (nSPS) is 24.5. The van der Waals surface area contributed by atoms with Crippen LogP contribution in [-0.2, 0) is 6.42 Å². The number of fused-ring (bicyclic) bond motifs is 1. The third-order valence-electron chi connectivity index (χ3n) is 4.16. The van der Waals surface area contributed by atoms with Gasteiger partial charge in [0, 0.05) is 4.70 Å². The number of thiophene rings is 1. The van der Waals surface area contributed by atoms with Crippen LogP contribution in [0.3, 0.4) is 0 Å². The average molecular weight is 245 g/mol. The Bertz CT molecular complexity index is 502. The zero-order valence-electron chi connectivity index (χ0n) is 10.1. The van der Waals surface area contributed by atoms with Crippen molar-refractivity contribution in [2.45, 2.75) is 25.7 Å². The van der Waals surface area contributed by atoms with E-state index < -0.39 is 0 Å². The van der Waals surface area contributed by atoms with Crippen molar-refractivity contribution in [3.63, 3.8) is 0 Å². The topological polar surface area (TPSA) is 26.0 Å². The number of rotatable bonds is 3. The van der Waals surface area contributed by atoms with E-state index in [1.54, 1.807) is 0 Å². The molecule has 2 heteroatoms. The minimum Gasteiger partial charge on any atom is -0.330 e. The van der Waals surface area contributed by atoms with E-state index in [0.717, 1.165) is 18.4 Å². The fourth-order valence-electron chi connectivity index (χ4n) is 3.17. The molecule has 2 aromatic rings. The van der Waals surface area contributed by atoms with Gasteiger partial charge in [-0.1, -0.05) is 24.6 Å². The molecule has 1 heterocycles. The van der Waals surface area contributed by atoms with Gasteiger partial charge < -0.3 is 5.73 Å². The second-order valence-corrected chi connectivity index (χ2v) is 6.06. The Balaban J connectivity index is 1.85. The zero-order chi connectivity index (χ0) is 11.7. The van der Waals surface area contributed by atoms with Crippen LogP contribution >= 0.6 is 11.3 Å². The highest BCUT2D eigenvalue weighted by atomic mass is 32.1. The van der Waals surface area contributed by atoms with E-state index in [0.29, 0.717) is 0 Å². The number of benzene rings is 1. The molecule has 0 bridgehead atoms. The van der Waals surface area contributed by atoms with Crippen molar-refractivity contribution in [1.82, 2.24) is 0 Å². The van der Waals surface area contributed by atoms with Crippen LogP contribution in [0, 0.1) is 11.8 Å². The number of hydrogen-bond donors (Lipinski definition) is 1. The first-order valence-electron chi connectivity index (χ1n) is 6.53. The summed E-state index contributed by atoms with van der Waals surface area (Å²) >= 11 is 1.87. The van der Waals surface area contributed by atoms with Crippen LogP contribution in [0.5, 0.6) is 0 Å². The molecule has 0 radical (unpaired) electrons. The van der Waals surface area contributed by atoms with Gasteiger partial charge in [0.25, 0.3) is 0 Å². The third kappa shape index (κ3) is 2.12. The molecule has 1 aliphatic rings. The van der Waals surface area contributed by atoms with Gasteiger partial charge in [-0.05, 0) is 60.0 Å². The molecule has 2 N–H and O–H groups in total. The lowest BCUT2D eigenvalue weighted by Crippen LogP contribution is -2.19. The van der Waals surface area contributed by atoms with Crippen LogP contribution in [0.2, 0.25) is 0 Å². The van der Waals surface area contributed by atoms with Crippen molar-refractivity contribution in [3.8, 4) is 0 Å². The molecule has 2 unspecified atom stereocenters. The molecule has 0 amide bonds. The summed E-state index contributed by atoms with van der Waals surface area (Å²) in [6.45, 7) is 0.868. The summed E-state index contributed by atoms with van der Waals surface area (Å²) in [6.07, 6.45) is 5.30. The molecule has 1 aromatic carbocycles. The molecule has 1 aromatic heterocycles. The first-order chi connectivity index (χ1) is 8.38. The van der Waals surface area contributed by atoms with Crippen LogP contribution < -0.4 is 5.73 Å². The molecule has 0 aliphatic heterocycles. The Labute approximate surface area is 107 Å². The lowest BCUT2D eigenvalue weighted by Gasteiger charge is -2.17. The first-order valence-corrected chi connectivity index (χ1v) is 7.41. The quantitative estimate of drug-likeness (QED) is 0.874. The van der Waals surface area contributed by atoms with Crippen molar-refractivity contribution >= 4 is 21.4 Å². The van der Waals surface area contributed by atoms with Crippen molar-refractivity contribution < 1.29 is 0 Å². The van der Waals surface area contributed by atoms with E-state index in [-0.39, 0.29) is 0 Å². The summed E-state index contributed by atoms with van der Waals surface area (Å²) < 4.78 is 1.42. The van der Waals surface area contributed by atoms with Gasteiger partial charge in [-0.15, -0.1) is 11.3 Å². The van der Waals surface area contributed by atoms with Crippen LogP contribution in [0.4, 0.5) is 0 Å². The van der Waals surface area contributed by atoms with E-state index in [9.17, 15) is 0 Å². The van der Waals surface area contributed by atoms with Crippen LogP contribution in [0.1, 0.15) is 24.8 Å². The molecule has 90 valence electrons. The van der Waals surface area contributed by atoms with Gasteiger partial charge in [-0.2, -0.15) is 0 Å². The average Bonchev–Trinajstić information content (AvgIpc) is 2.97. The van der Waals surface area contributed by atoms with Gasteiger partial charge in [0.2, 0.25) is 0 Å². The summed E-state index contributed by atoms with van der Waals surface area (Å²) in [4.78, 5) is 0. The predicted molar refractivity (Wildman–Crippen MR) is 75.4 cm³/mol.